The van der Waals surface area contributed by atoms with Gasteiger partial charge in [0.1, 0.15) is 24.3 Å². The zero-order valence-electron chi connectivity index (χ0n) is 43.6. The Kier molecular flexibility index (Phi) is 23.3. The van der Waals surface area contributed by atoms with Crippen LogP contribution in [0.2, 0.25) is 0 Å². The average molecular weight is 1010 g/mol. The minimum absolute atomic E-state index is 0.0195. The maximum absolute atomic E-state index is 13.3. The molecule has 4 aromatic rings. The summed E-state index contributed by atoms with van der Waals surface area (Å²) in [6, 6.07) is 22.2. The molecule has 2 aromatic carbocycles. The summed E-state index contributed by atoms with van der Waals surface area (Å²) in [6.45, 7) is 9.11. The maximum Gasteiger partial charge on any atom is 0.328 e. The van der Waals surface area contributed by atoms with Gasteiger partial charge in [-0.05, 0) is 100 Å². The van der Waals surface area contributed by atoms with Crippen LogP contribution in [-0.2, 0) is 41.4 Å². The molecule has 73 heavy (non-hydrogen) atoms. The fourth-order valence-electron chi connectivity index (χ4n) is 10.0. The van der Waals surface area contributed by atoms with E-state index >= 15 is 0 Å². The van der Waals surface area contributed by atoms with E-state index in [-0.39, 0.29) is 58.4 Å². The molecular formula is C57H76N4O12. The molecule has 396 valence electrons. The second-order valence-corrected chi connectivity index (χ2v) is 19.0. The van der Waals surface area contributed by atoms with Crippen LogP contribution in [0.4, 0.5) is 0 Å². The van der Waals surface area contributed by atoms with E-state index in [0.29, 0.717) is 24.7 Å². The second kappa shape index (κ2) is 29.7. The highest BCUT2D eigenvalue weighted by Crippen LogP contribution is 2.36. The number of esters is 3. The van der Waals surface area contributed by atoms with Crippen molar-refractivity contribution in [3.05, 3.63) is 108 Å². The normalized spacial score (nSPS) is 22.3. The minimum atomic E-state index is -0.837. The second-order valence-electron chi connectivity index (χ2n) is 19.0. The molecule has 0 aliphatic carbocycles. The molecule has 0 spiro atoms. The summed E-state index contributed by atoms with van der Waals surface area (Å²) in [4.78, 5) is 71.7. The fraction of sp³-hybridized carbons (Fsp3) is 0.526. The van der Waals surface area contributed by atoms with Crippen LogP contribution >= 0.6 is 0 Å². The van der Waals surface area contributed by atoms with Crippen LogP contribution in [0, 0.1) is 23.7 Å². The van der Waals surface area contributed by atoms with Crippen LogP contribution in [-0.4, -0.2) is 90.1 Å². The number of benzene rings is 2. The van der Waals surface area contributed by atoms with E-state index in [1.807, 2.05) is 26.0 Å². The van der Waals surface area contributed by atoms with Crippen molar-refractivity contribution in [3.8, 4) is 23.0 Å². The Morgan fingerprint density at radius 2 is 1.11 bits per heavy atom. The van der Waals surface area contributed by atoms with Gasteiger partial charge < -0.3 is 44.2 Å². The van der Waals surface area contributed by atoms with E-state index < -0.39 is 48.6 Å². The van der Waals surface area contributed by atoms with E-state index in [4.69, 9.17) is 28.4 Å². The zero-order valence-corrected chi connectivity index (χ0v) is 43.6. The number of aromatic nitrogens is 2. The largest absolute Gasteiger partial charge is 0.503 e. The highest BCUT2D eigenvalue weighted by Gasteiger charge is 2.36. The number of carbonyl (C=O) groups is 5. The van der Waals surface area contributed by atoms with Gasteiger partial charge in [-0.3, -0.25) is 14.4 Å². The van der Waals surface area contributed by atoms with Gasteiger partial charge in [0.15, 0.2) is 34.4 Å². The number of nitrogens with zero attached hydrogens (tertiary/aromatic N) is 2. The Labute approximate surface area is 430 Å². The highest BCUT2D eigenvalue weighted by atomic mass is 16.7. The number of rotatable bonds is 19. The van der Waals surface area contributed by atoms with E-state index in [0.717, 1.165) is 77.0 Å². The van der Waals surface area contributed by atoms with Gasteiger partial charge >= 0.3 is 17.9 Å². The van der Waals surface area contributed by atoms with E-state index in [9.17, 15) is 29.1 Å². The molecule has 2 aliphatic rings. The lowest BCUT2D eigenvalue weighted by molar-refractivity contribution is -0.154. The van der Waals surface area contributed by atoms with Gasteiger partial charge in [-0.25, -0.2) is 19.6 Å². The molecule has 8 atom stereocenters. The van der Waals surface area contributed by atoms with Crippen LogP contribution < -0.4 is 24.8 Å². The number of ether oxygens (including phenoxy) is 6. The summed E-state index contributed by atoms with van der Waals surface area (Å²) >= 11 is 0. The molecule has 0 unspecified atom stereocenters. The Morgan fingerprint density at radius 1 is 0.658 bits per heavy atom. The van der Waals surface area contributed by atoms with E-state index in [1.54, 1.807) is 0 Å². The summed E-state index contributed by atoms with van der Waals surface area (Å²) in [5.74, 6) is -1.38. The van der Waals surface area contributed by atoms with Crippen molar-refractivity contribution >= 4 is 29.7 Å². The molecule has 0 saturated carbocycles. The average Bonchev–Trinajstić information content (AvgIpc) is 3.46. The van der Waals surface area contributed by atoms with Crippen molar-refractivity contribution in [2.24, 2.45) is 23.7 Å². The van der Waals surface area contributed by atoms with Crippen molar-refractivity contribution in [2.75, 3.05) is 21.0 Å². The predicted molar refractivity (Wildman–Crippen MR) is 275 cm³/mol. The standard InChI is InChI=1S/C30H40N2O7.C27H36N2O5/c1-5-6-14-24-20(2)39-30(35)25(15-10-13-23(24)18-22-11-8-7-9-12-22)32-29(34)27-28(38-19-37-21(3)33)26(36-4)16-17-31-27;1-4-5-13-21-18(2)34-27(32)22(14-9-12-20(21)17-19-10-7-6-8-11-19)29-26(31)24-25(30)23(33-3)15-16-28-24/h7-9,11-12,16-17,20,23-25H,5-6,10,13-15,18-19H2,1-4H3,(H,32,34);6-8,10-11,15-16,18,20-22,30H,4-5,9,12-14,17H2,1-3H3,(H,29,31)/t20-,23+,24-,25-;18-,20+,21-,22-/m00/s1. The van der Waals surface area contributed by atoms with Gasteiger partial charge in [0.05, 0.1) is 14.2 Å². The van der Waals surface area contributed by atoms with Crippen LogP contribution in [0.5, 0.6) is 23.0 Å². The molecule has 0 bridgehead atoms. The lowest BCUT2D eigenvalue weighted by atomic mass is 9.78. The first-order chi connectivity index (χ1) is 35.3. The van der Waals surface area contributed by atoms with E-state index in [1.165, 1.54) is 56.8 Å². The number of pyridine rings is 2. The summed E-state index contributed by atoms with van der Waals surface area (Å²) in [5, 5.41) is 15.8. The third kappa shape index (κ3) is 17.2. The number of unbranched alkanes of at least 4 members (excludes halogenated alkanes) is 2. The molecule has 4 heterocycles. The van der Waals surface area contributed by atoms with Crippen LogP contribution in [0.15, 0.2) is 85.2 Å². The van der Waals surface area contributed by atoms with Crippen LogP contribution in [0.3, 0.4) is 0 Å². The quantitative estimate of drug-likeness (QED) is 0.0454. The Morgan fingerprint density at radius 3 is 1.56 bits per heavy atom. The van der Waals surface area contributed by atoms with Crippen molar-refractivity contribution < 1.29 is 57.5 Å². The molecule has 0 radical (unpaired) electrons. The molecule has 16 nitrogen and oxygen atoms in total. The lowest BCUT2D eigenvalue weighted by Gasteiger charge is -2.31. The smallest absolute Gasteiger partial charge is 0.328 e. The van der Waals surface area contributed by atoms with Gasteiger partial charge in [-0.1, -0.05) is 113 Å². The first-order valence-electron chi connectivity index (χ1n) is 25.9. The first-order valence-corrected chi connectivity index (χ1v) is 25.9. The highest BCUT2D eigenvalue weighted by molar-refractivity contribution is 5.98. The van der Waals surface area contributed by atoms with E-state index in [2.05, 4.69) is 83.0 Å². The monoisotopic (exact) mass is 1010 g/mol. The molecule has 2 fully saturated rings. The van der Waals surface area contributed by atoms with Gasteiger partial charge in [0.25, 0.3) is 11.8 Å². The Hall–Kier alpha value is -6.71. The summed E-state index contributed by atoms with van der Waals surface area (Å²) in [5.41, 5.74) is 2.31. The van der Waals surface area contributed by atoms with Crippen molar-refractivity contribution in [1.82, 2.24) is 20.6 Å². The van der Waals surface area contributed by atoms with Gasteiger partial charge in [0.2, 0.25) is 6.79 Å². The molecule has 2 saturated heterocycles. The number of nitrogens with one attached hydrogen (secondary N) is 2. The number of methoxy groups -OCH3 is 2. The van der Waals surface area contributed by atoms with Crippen LogP contribution in [0.25, 0.3) is 0 Å². The summed E-state index contributed by atoms with van der Waals surface area (Å²) in [7, 11) is 2.82. The summed E-state index contributed by atoms with van der Waals surface area (Å²) < 4.78 is 32.6. The lowest BCUT2D eigenvalue weighted by Crippen LogP contribution is -2.43. The van der Waals surface area contributed by atoms with Gasteiger partial charge in [0, 0.05) is 31.5 Å². The fourth-order valence-corrected chi connectivity index (χ4v) is 10.0. The minimum Gasteiger partial charge on any atom is -0.503 e. The van der Waals surface area contributed by atoms with Crippen molar-refractivity contribution in [2.45, 2.75) is 149 Å². The van der Waals surface area contributed by atoms with Crippen molar-refractivity contribution in [3.63, 3.8) is 0 Å². The predicted octanol–water partition coefficient (Wildman–Crippen LogP) is 9.54. The van der Waals surface area contributed by atoms with Crippen molar-refractivity contribution in [1.29, 1.82) is 0 Å². The molecule has 2 amide bonds. The third-order valence-corrected chi connectivity index (χ3v) is 13.9. The maximum atomic E-state index is 13.3. The Balaban J connectivity index is 0.000000273. The molecule has 16 heteroatoms. The molecular weight excluding hydrogens is 933 g/mol. The number of hydrogen-bond acceptors (Lipinski definition) is 14. The molecule has 2 aliphatic heterocycles. The number of cyclic esters (lactones) is 2. The third-order valence-electron chi connectivity index (χ3n) is 13.9. The number of carbonyl (C=O) groups excluding carboxylic acids is 5. The number of amides is 2. The topological polar surface area (TPSA) is 211 Å². The molecule has 2 aromatic heterocycles. The number of hydrogen-bond donors (Lipinski definition) is 3. The molecule has 3 N–H and O–H groups in total. The summed E-state index contributed by atoms with van der Waals surface area (Å²) in [6.07, 6.45) is 14.7. The van der Waals surface area contributed by atoms with Gasteiger partial charge in [-0.15, -0.1) is 0 Å². The van der Waals surface area contributed by atoms with Crippen LogP contribution in [0.1, 0.15) is 144 Å². The molecule has 6 rings (SSSR count). The zero-order chi connectivity index (χ0) is 52.7. The van der Waals surface area contributed by atoms with Gasteiger partial charge in [-0.2, -0.15) is 0 Å². The number of aromatic hydroxyl groups is 1. The SMILES string of the molecule is CCCC[C@@H]1[C@@H](Cc2ccccc2)CCC[C@H](NC(=O)c2nccc(OC)c2O)C(=O)O[C@H]1C.CCCC[C@@H]1[C@@H](Cc2ccccc2)CCC[C@H](NC(=O)c2nccc(OC)c2OCOC(C)=O)C(=O)O[C@H]1C. The first kappa shape index (κ1) is 57.2. The Bertz CT molecular complexity index is 2370.